The summed E-state index contributed by atoms with van der Waals surface area (Å²) in [4.78, 5) is 11.5. The number of carbonyl (C=O) groups excluding carboxylic acids is 1. The van der Waals surface area contributed by atoms with E-state index in [1.54, 1.807) is 0 Å². The molecule has 1 heterocycles. The zero-order valence-corrected chi connectivity index (χ0v) is 11.2. The molecule has 0 aliphatic rings. The molecule has 0 bridgehead atoms. The Morgan fingerprint density at radius 3 is 2.69 bits per heavy atom. The van der Waals surface area contributed by atoms with Gasteiger partial charge in [-0.25, -0.2) is 0 Å². The largest absolute Gasteiger partial charge is 0.374 e. The van der Waals surface area contributed by atoms with Gasteiger partial charge in [-0.05, 0) is 12.8 Å². The zero-order valence-electron chi connectivity index (χ0n) is 9.56. The van der Waals surface area contributed by atoms with Crippen molar-refractivity contribution in [3.05, 3.63) is 0 Å². The average molecular weight is 260 g/mol. The van der Waals surface area contributed by atoms with E-state index < -0.39 is 0 Å². The van der Waals surface area contributed by atoms with E-state index in [-0.39, 0.29) is 11.9 Å². The first-order chi connectivity index (χ1) is 7.49. The van der Waals surface area contributed by atoms with Crippen LogP contribution in [0.5, 0.6) is 0 Å². The Kier molecular flexibility index (Phi) is 5.01. The molecule has 0 aliphatic carbocycles. The Balaban J connectivity index is 2.30. The summed E-state index contributed by atoms with van der Waals surface area (Å²) in [7, 11) is 0. The van der Waals surface area contributed by atoms with E-state index in [2.05, 4.69) is 29.4 Å². The summed E-state index contributed by atoms with van der Waals surface area (Å²) in [6.07, 6.45) is 0. The fourth-order valence-electron chi connectivity index (χ4n) is 0.868. The van der Waals surface area contributed by atoms with E-state index in [1.807, 2.05) is 6.92 Å². The Labute approximate surface area is 103 Å². The summed E-state index contributed by atoms with van der Waals surface area (Å²) in [5.41, 5.74) is 5.44. The Morgan fingerprint density at radius 2 is 2.19 bits per heavy atom. The van der Waals surface area contributed by atoms with Crippen LogP contribution in [-0.2, 0) is 4.79 Å². The van der Waals surface area contributed by atoms with Gasteiger partial charge in [0, 0.05) is 6.04 Å². The number of nitrogens with zero attached hydrogens (tertiary/aromatic N) is 2. The molecular formula is C9H16N4OS2. The minimum Gasteiger partial charge on any atom is -0.374 e. The number of amides is 1. The average Bonchev–Trinajstić information content (AvgIpc) is 2.61. The molecule has 7 heteroatoms. The number of hydrogen-bond acceptors (Lipinski definition) is 6. The molecule has 1 aromatic rings. The van der Waals surface area contributed by atoms with Gasteiger partial charge in [-0.3, -0.25) is 4.79 Å². The minimum absolute atomic E-state index is 0.0139. The number of nitrogen functional groups attached to an aromatic ring is 1. The maximum absolute atomic E-state index is 11.5. The number of hydrogen-bond donors (Lipinski definition) is 2. The van der Waals surface area contributed by atoms with Crippen LogP contribution in [0, 0.1) is 5.92 Å². The number of carbonyl (C=O) groups is 1. The molecule has 5 nitrogen and oxygen atoms in total. The number of nitrogens with one attached hydrogen (secondary N) is 1. The second-order valence-electron chi connectivity index (χ2n) is 3.80. The molecule has 0 spiro atoms. The van der Waals surface area contributed by atoms with Crippen molar-refractivity contribution in [1.82, 2.24) is 15.5 Å². The highest BCUT2D eigenvalue weighted by molar-refractivity contribution is 8.01. The van der Waals surface area contributed by atoms with Gasteiger partial charge in [0.25, 0.3) is 0 Å². The van der Waals surface area contributed by atoms with Crippen LogP contribution >= 0.6 is 23.1 Å². The van der Waals surface area contributed by atoms with Crippen LogP contribution in [0.25, 0.3) is 0 Å². The molecule has 1 rings (SSSR count). The van der Waals surface area contributed by atoms with Gasteiger partial charge in [0.2, 0.25) is 11.0 Å². The first-order valence-corrected chi connectivity index (χ1v) is 6.80. The van der Waals surface area contributed by atoms with Crippen LogP contribution in [0.15, 0.2) is 4.34 Å². The lowest BCUT2D eigenvalue weighted by Crippen LogP contribution is -2.37. The summed E-state index contributed by atoms with van der Waals surface area (Å²) in [5, 5.41) is 10.9. The monoisotopic (exact) mass is 260 g/mol. The lowest BCUT2D eigenvalue weighted by molar-refractivity contribution is -0.119. The second-order valence-corrected chi connectivity index (χ2v) is 6.03. The molecule has 0 aromatic carbocycles. The minimum atomic E-state index is 0.0139. The maximum Gasteiger partial charge on any atom is 0.230 e. The standard InChI is InChI=1S/C9H16N4OS2/c1-5(2)6(3)11-7(14)4-15-9-13-12-8(10)16-9/h5-6H,4H2,1-3H3,(H2,10,12)(H,11,14). The molecule has 16 heavy (non-hydrogen) atoms. The normalized spacial score (nSPS) is 12.8. The molecule has 0 aliphatic heterocycles. The highest BCUT2D eigenvalue weighted by atomic mass is 32.2. The van der Waals surface area contributed by atoms with E-state index in [0.717, 1.165) is 4.34 Å². The van der Waals surface area contributed by atoms with Gasteiger partial charge < -0.3 is 11.1 Å². The summed E-state index contributed by atoms with van der Waals surface area (Å²) in [6, 6.07) is 0.188. The molecule has 0 radical (unpaired) electrons. The lowest BCUT2D eigenvalue weighted by atomic mass is 10.1. The van der Waals surface area contributed by atoms with E-state index >= 15 is 0 Å². The number of aromatic nitrogens is 2. The van der Waals surface area contributed by atoms with Crippen molar-refractivity contribution in [2.45, 2.75) is 31.2 Å². The molecule has 1 amide bonds. The van der Waals surface area contributed by atoms with Crippen molar-refractivity contribution in [3.63, 3.8) is 0 Å². The van der Waals surface area contributed by atoms with Crippen molar-refractivity contribution in [1.29, 1.82) is 0 Å². The third-order valence-electron chi connectivity index (χ3n) is 2.14. The zero-order chi connectivity index (χ0) is 12.1. The summed E-state index contributed by atoms with van der Waals surface area (Å²) in [5.74, 6) is 0.803. The fraction of sp³-hybridized carbons (Fsp3) is 0.667. The van der Waals surface area contributed by atoms with Crippen LogP contribution in [0.2, 0.25) is 0 Å². The van der Waals surface area contributed by atoms with E-state index in [0.29, 0.717) is 16.8 Å². The third-order valence-corrected chi connectivity index (χ3v) is 4.02. The molecule has 1 unspecified atom stereocenters. The van der Waals surface area contributed by atoms with Gasteiger partial charge >= 0.3 is 0 Å². The first kappa shape index (κ1) is 13.2. The van der Waals surface area contributed by atoms with Gasteiger partial charge in [0.1, 0.15) is 0 Å². The van der Waals surface area contributed by atoms with Crippen LogP contribution in [0.4, 0.5) is 5.13 Å². The summed E-state index contributed by atoms with van der Waals surface area (Å²) < 4.78 is 0.727. The highest BCUT2D eigenvalue weighted by Crippen LogP contribution is 2.23. The van der Waals surface area contributed by atoms with Gasteiger partial charge in [-0.1, -0.05) is 36.9 Å². The van der Waals surface area contributed by atoms with Crippen molar-refractivity contribution < 1.29 is 4.79 Å². The predicted octanol–water partition coefficient (Wildman–Crippen LogP) is 1.37. The third kappa shape index (κ3) is 4.36. The molecular weight excluding hydrogens is 244 g/mol. The van der Waals surface area contributed by atoms with Crippen molar-refractivity contribution in [2.24, 2.45) is 5.92 Å². The molecule has 3 N–H and O–H groups in total. The Hall–Kier alpha value is -0.820. The summed E-state index contributed by atoms with van der Waals surface area (Å²) >= 11 is 2.65. The summed E-state index contributed by atoms with van der Waals surface area (Å²) in [6.45, 7) is 6.14. The molecule has 0 fully saturated rings. The molecule has 90 valence electrons. The SMILES string of the molecule is CC(C)C(C)NC(=O)CSc1nnc(N)s1. The van der Waals surface area contributed by atoms with Crippen molar-refractivity contribution in [3.8, 4) is 0 Å². The van der Waals surface area contributed by atoms with Crippen LogP contribution in [0.3, 0.4) is 0 Å². The van der Waals surface area contributed by atoms with E-state index in [9.17, 15) is 4.79 Å². The van der Waals surface area contributed by atoms with Crippen LogP contribution in [0.1, 0.15) is 20.8 Å². The smallest absolute Gasteiger partial charge is 0.230 e. The van der Waals surface area contributed by atoms with Gasteiger partial charge in [0.15, 0.2) is 4.34 Å². The van der Waals surface area contributed by atoms with Crippen molar-refractivity contribution >= 4 is 34.1 Å². The number of anilines is 1. The number of thioether (sulfide) groups is 1. The topological polar surface area (TPSA) is 80.9 Å². The van der Waals surface area contributed by atoms with Gasteiger partial charge in [-0.15, -0.1) is 10.2 Å². The van der Waals surface area contributed by atoms with Crippen molar-refractivity contribution in [2.75, 3.05) is 11.5 Å². The molecule has 0 saturated heterocycles. The fourth-order valence-corrected chi connectivity index (χ4v) is 2.32. The number of rotatable bonds is 5. The molecule has 1 atom stereocenters. The van der Waals surface area contributed by atoms with Gasteiger partial charge in [-0.2, -0.15) is 0 Å². The maximum atomic E-state index is 11.5. The molecule has 1 aromatic heterocycles. The lowest BCUT2D eigenvalue weighted by Gasteiger charge is -2.16. The van der Waals surface area contributed by atoms with E-state index in [1.165, 1.54) is 23.1 Å². The second kappa shape index (κ2) is 6.05. The Bertz CT molecular complexity index is 353. The first-order valence-electron chi connectivity index (χ1n) is 5.00. The number of nitrogens with two attached hydrogens (primary N) is 1. The van der Waals surface area contributed by atoms with Crippen LogP contribution < -0.4 is 11.1 Å². The van der Waals surface area contributed by atoms with Crippen LogP contribution in [-0.4, -0.2) is 27.9 Å². The quantitative estimate of drug-likeness (QED) is 0.782. The Morgan fingerprint density at radius 1 is 1.50 bits per heavy atom. The van der Waals surface area contributed by atoms with Gasteiger partial charge in [0.05, 0.1) is 5.75 Å². The van der Waals surface area contributed by atoms with E-state index in [4.69, 9.17) is 5.73 Å². The molecule has 0 saturated carbocycles. The predicted molar refractivity (Wildman–Crippen MR) is 67.5 cm³/mol. The highest BCUT2D eigenvalue weighted by Gasteiger charge is 2.11.